The fourth-order valence-electron chi connectivity index (χ4n) is 1.31. The standard InChI is InChI=1S/C12H8Br3N/c13-8-4-1-2-7-11(8)16-12-9(14)5-3-6-10(12)15/h1-7,16H. The van der Waals surface area contributed by atoms with Crippen LogP contribution in [0, 0.1) is 0 Å². The maximum atomic E-state index is 3.52. The number of para-hydroxylation sites is 2. The first-order valence-electron chi connectivity index (χ1n) is 4.64. The first-order valence-corrected chi connectivity index (χ1v) is 7.02. The van der Waals surface area contributed by atoms with E-state index in [1.54, 1.807) is 0 Å². The molecule has 16 heavy (non-hydrogen) atoms. The first kappa shape index (κ1) is 12.1. The Morgan fingerprint density at radius 1 is 0.688 bits per heavy atom. The van der Waals surface area contributed by atoms with E-state index in [-0.39, 0.29) is 0 Å². The van der Waals surface area contributed by atoms with Gasteiger partial charge in [-0.2, -0.15) is 0 Å². The number of halogens is 3. The summed E-state index contributed by atoms with van der Waals surface area (Å²) in [6, 6.07) is 14.0. The number of nitrogens with one attached hydrogen (secondary N) is 1. The van der Waals surface area contributed by atoms with Crippen LogP contribution in [0.25, 0.3) is 0 Å². The van der Waals surface area contributed by atoms with E-state index in [4.69, 9.17) is 0 Å². The highest BCUT2D eigenvalue weighted by atomic mass is 79.9. The Kier molecular flexibility index (Phi) is 4.05. The van der Waals surface area contributed by atoms with Crippen molar-refractivity contribution >= 4 is 59.2 Å². The fraction of sp³-hybridized carbons (Fsp3) is 0. The van der Waals surface area contributed by atoms with Gasteiger partial charge in [0.05, 0.1) is 11.4 Å². The molecular weight excluding hydrogens is 398 g/mol. The largest absolute Gasteiger partial charge is 0.353 e. The Morgan fingerprint density at radius 2 is 1.25 bits per heavy atom. The molecule has 0 aromatic heterocycles. The van der Waals surface area contributed by atoms with E-state index in [0.717, 1.165) is 24.8 Å². The van der Waals surface area contributed by atoms with Crippen LogP contribution in [0.2, 0.25) is 0 Å². The monoisotopic (exact) mass is 403 g/mol. The summed E-state index contributed by atoms with van der Waals surface area (Å²) in [7, 11) is 0. The number of anilines is 2. The van der Waals surface area contributed by atoms with Gasteiger partial charge < -0.3 is 5.32 Å². The maximum absolute atomic E-state index is 3.52. The quantitative estimate of drug-likeness (QED) is 0.674. The molecule has 0 saturated heterocycles. The zero-order valence-electron chi connectivity index (χ0n) is 8.18. The normalized spacial score (nSPS) is 10.2. The molecule has 1 N–H and O–H groups in total. The second kappa shape index (κ2) is 5.34. The lowest BCUT2D eigenvalue weighted by molar-refractivity contribution is 1.48. The van der Waals surface area contributed by atoms with Crippen molar-refractivity contribution in [3.8, 4) is 0 Å². The molecule has 0 aliphatic heterocycles. The van der Waals surface area contributed by atoms with Gasteiger partial charge in [0.25, 0.3) is 0 Å². The van der Waals surface area contributed by atoms with Gasteiger partial charge in [-0.15, -0.1) is 0 Å². The van der Waals surface area contributed by atoms with Gasteiger partial charge in [-0.25, -0.2) is 0 Å². The molecule has 0 spiro atoms. The van der Waals surface area contributed by atoms with Gasteiger partial charge in [-0.05, 0) is 72.1 Å². The minimum Gasteiger partial charge on any atom is -0.353 e. The van der Waals surface area contributed by atoms with E-state index in [1.165, 1.54) is 0 Å². The zero-order chi connectivity index (χ0) is 11.5. The third-order valence-electron chi connectivity index (χ3n) is 2.10. The highest BCUT2D eigenvalue weighted by Gasteiger charge is 2.06. The highest BCUT2D eigenvalue weighted by Crippen LogP contribution is 2.35. The lowest BCUT2D eigenvalue weighted by atomic mass is 10.3. The zero-order valence-corrected chi connectivity index (χ0v) is 12.9. The van der Waals surface area contributed by atoms with E-state index in [2.05, 4.69) is 53.1 Å². The molecule has 0 aliphatic carbocycles. The van der Waals surface area contributed by atoms with Crippen LogP contribution >= 0.6 is 47.8 Å². The van der Waals surface area contributed by atoms with Crippen LogP contribution in [-0.2, 0) is 0 Å². The minimum absolute atomic E-state index is 1.02. The lowest BCUT2D eigenvalue weighted by Crippen LogP contribution is -1.93. The van der Waals surface area contributed by atoms with Crippen LogP contribution in [0.1, 0.15) is 0 Å². The smallest absolute Gasteiger partial charge is 0.0673 e. The average Bonchev–Trinajstić information content (AvgIpc) is 2.26. The highest BCUT2D eigenvalue weighted by molar-refractivity contribution is 9.11. The molecule has 1 nitrogen and oxygen atoms in total. The number of benzene rings is 2. The van der Waals surface area contributed by atoms with E-state index in [9.17, 15) is 0 Å². The molecule has 0 atom stereocenters. The second-order valence-electron chi connectivity index (χ2n) is 3.20. The van der Waals surface area contributed by atoms with Crippen LogP contribution in [0.4, 0.5) is 11.4 Å². The molecule has 0 amide bonds. The van der Waals surface area contributed by atoms with Crippen molar-refractivity contribution in [1.82, 2.24) is 0 Å². The number of hydrogen-bond acceptors (Lipinski definition) is 1. The Balaban J connectivity index is 2.38. The predicted molar refractivity (Wildman–Crippen MR) is 79.3 cm³/mol. The van der Waals surface area contributed by atoms with Crippen molar-refractivity contribution in [3.05, 3.63) is 55.9 Å². The minimum atomic E-state index is 1.02. The summed E-state index contributed by atoms with van der Waals surface area (Å²) in [5.41, 5.74) is 2.06. The summed E-state index contributed by atoms with van der Waals surface area (Å²) in [6.07, 6.45) is 0. The van der Waals surface area contributed by atoms with Gasteiger partial charge >= 0.3 is 0 Å². The van der Waals surface area contributed by atoms with Crippen LogP contribution in [0.15, 0.2) is 55.9 Å². The molecule has 0 bridgehead atoms. The summed E-state index contributed by atoms with van der Waals surface area (Å²) >= 11 is 10.6. The summed E-state index contributed by atoms with van der Waals surface area (Å²) in [5, 5.41) is 3.37. The molecule has 2 rings (SSSR count). The SMILES string of the molecule is Brc1ccccc1Nc1c(Br)cccc1Br. The summed E-state index contributed by atoms with van der Waals surface area (Å²) < 4.78 is 3.09. The lowest BCUT2D eigenvalue weighted by Gasteiger charge is -2.11. The van der Waals surface area contributed by atoms with Crippen molar-refractivity contribution in [2.24, 2.45) is 0 Å². The van der Waals surface area contributed by atoms with Gasteiger partial charge in [0.15, 0.2) is 0 Å². The second-order valence-corrected chi connectivity index (χ2v) is 5.76. The summed E-state index contributed by atoms with van der Waals surface area (Å²) in [5.74, 6) is 0. The van der Waals surface area contributed by atoms with Crippen LogP contribution in [0.3, 0.4) is 0 Å². The van der Waals surface area contributed by atoms with Crippen molar-refractivity contribution in [2.75, 3.05) is 5.32 Å². The Morgan fingerprint density at radius 3 is 1.88 bits per heavy atom. The molecule has 0 unspecified atom stereocenters. The average molecular weight is 406 g/mol. The van der Waals surface area contributed by atoms with Crippen LogP contribution in [-0.4, -0.2) is 0 Å². The summed E-state index contributed by atoms with van der Waals surface area (Å²) in [4.78, 5) is 0. The summed E-state index contributed by atoms with van der Waals surface area (Å²) in [6.45, 7) is 0. The molecule has 2 aromatic carbocycles. The molecule has 2 aromatic rings. The van der Waals surface area contributed by atoms with E-state index in [0.29, 0.717) is 0 Å². The Labute approximate surface area is 120 Å². The predicted octanol–water partition coefficient (Wildman–Crippen LogP) is 5.72. The van der Waals surface area contributed by atoms with Crippen molar-refractivity contribution in [2.45, 2.75) is 0 Å². The molecule has 0 radical (unpaired) electrons. The fourth-order valence-corrected chi connectivity index (χ4v) is 2.90. The number of rotatable bonds is 2. The molecular formula is C12H8Br3N. The van der Waals surface area contributed by atoms with Gasteiger partial charge in [0.1, 0.15) is 0 Å². The van der Waals surface area contributed by atoms with Crippen LogP contribution in [0.5, 0.6) is 0 Å². The number of hydrogen-bond donors (Lipinski definition) is 1. The van der Waals surface area contributed by atoms with Gasteiger partial charge in [0, 0.05) is 13.4 Å². The van der Waals surface area contributed by atoms with E-state index < -0.39 is 0 Å². The molecule has 4 heteroatoms. The Bertz CT molecular complexity index is 491. The third kappa shape index (κ3) is 2.67. The first-order chi connectivity index (χ1) is 7.68. The topological polar surface area (TPSA) is 12.0 Å². The van der Waals surface area contributed by atoms with Crippen molar-refractivity contribution < 1.29 is 0 Å². The molecule has 0 saturated carbocycles. The molecule has 0 fully saturated rings. The maximum Gasteiger partial charge on any atom is 0.0673 e. The van der Waals surface area contributed by atoms with Gasteiger partial charge in [0.2, 0.25) is 0 Å². The van der Waals surface area contributed by atoms with E-state index in [1.807, 2.05) is 42.5 Å². The van der Waals surface area contributed by atoms with Crippen molar-refractivity contribution in [1.29, 1.82) is 0 Å². The van der Waals surface area contributed by atoms with Gasteiger partial charge in [-0.3, -0.25) is 0 Å². The Hall–Kier alpha value is -0.320. The third-order valence-corrected chi connectivity index (χ3v) is 4.11. The molecule has 82 valence electrons. The molecule has 0 heterocycles. The molecule has 0 aliphatic rings. The van der Waals surface area contributed by atoms with Crippen molar-refractivity contribution in [3.63, 3.8) is 0 Å². The van der Waals surface area contributed by atoms with E-state index >= 15 is 0 Å². The van der Waals surface area contributed by atoms with Crippen LogP contribution < -0.4 is 5.32 Å². The van der Waals surface area contributed by atoms with Gasteiger partial charge in [-0.1, -0.05) is 18.2 Å².